The van der Waals surface area contributed by atoms with Crippen LogP contribution in [0.15, 0.2) is 12.1 Å². The van der Waals surface area contributed by atoms with Crippen LogP contribution in [0.2, 0.25) is 0 Å². The molecule has 0 saturated carbocycles. The van der Waals surface area contributed by atoms with Crippen LogP contribution in [0.25, 0.3) is 0 Å². The summed E-state index contributed by atoms with van der Waals surface area (Å²) >= 11 is 0. The van der Waals surface area contributed by atoms with Crippen molar-refractivity contribution in [1.82, 2.24) is 5.32 Å². The topological polar surface area (TPSA) is 104 Å². The van der Waals surface area contributed by atoms with E-state index in [9.17, 15) is 9.59 Å². The molecule has 0 radical (unpaired) electrons. The summed E-state index contributed by atoms with van der Waals surface area (Å²) in [6.07, 6.45) is -1.83. The van der Waals surface area contributed by atoms with Gasteiger partial charge in [0, 0.05) is 0 Å². The summed E-state index contributed by atoms with van der Waals surface area (Å²) in [5, 5.41) is 16.3. The van der Waals surface area contributed by atoms with Gasteiger partial charge in [-0.3, -0.25) is 14.9 Å². The third-order valence-electron chi connectivity index (χ3n) is 2.86. The zero-order valence-corrected chi connectivity index (χ0v) is 11.8. The quantitative estimate of drug-likeness (QED) is 0.633. The Hall–Kier alpha value is -2.37. The Balaban J connectivity index is 0.000000444. The Kier molecular flexibility index (Phi) is 4.17. The summed E-state index contributed by atoms with van der Waals surface area (Å²) in [5.74, 6) is -0.556. The van der Waals surface area contributed by atoms with Gasteiger partial charge < -0.3 is 10.2 Å². The fourth-order valence-corrected chi connectivity index (χ4v) is 2.33. The van der Waals surface area contributed by atoms with Crippen molar-refractivity contribution < 1.29 is 24.6 Å². The number of nitrogens with one attached hydrogen (secondary N) is 1. The third kappa shape index (κ3) is 3.14. The standard InChI is InChI=1S/C13H15NO2.CH2O3/c1-7-5-6-8-9(10(7)13(2,3)4)12(16)14-11(8)15;2-1(3)4/h5-6H,1-4H3,(H,14,15,16);(H2,2,3,4). The summed E-state index contributed by atoms with van der Waals surface area (Å²) in [5.41, 5.74) is 2.93. The minimum Gasteiger partial charge on any atom is -0.450 e. The molecule has 108 valence electrons. The monoisotopic (exact) mass is 279 g/mol. The summed E-state index contributed by atoms with van der Waals surface area (Å²) in [6.45, 7) is 8.11. The SMILES string of the molecule is Cc1ccc2c(c1C(C)(C)C)C(=O)NC2=O.O=C(O)O. The molecular formula is C14H17NO5. The predicted molar refractivity (Wildman–Crippen MR) is 72.3 cm³/mol. The number of carbonyl (C=O) groups excluding carboxylic acids is 2. The molecule has 0 fully saturated rings. The number of amides is 2. The molecule has 6 heteroatoms. The van der Waals surface area contributed by atoms with Gasteiger partial charge in [-0.2, -0.15) is 0 Å². The second-order valence-corrected chi connectivity index (χ2v) is 5.50. The number of benzene rings is 1. The van der Waals surface area contributed by atoms with Crippen molar-refractivity contribution in [2.24, 2.45) is 0 Å². The molecule has 2 rings (SSSR count). The van der Waals surface area contributed by atoms with E-state index in [2.05, 4.69) is 5.32 Å². The number of fused-ring (bicyclic) bond motifs is 1. The van der Waals surface area contributed by atoms with E-state index in [1.807, 2.05) is 33.8 Å². The zero-order valence-electron chi connectivity index (χ0n) is 11.8. The Morgan fingerprint density at radius 3 is 2.05 bits per heavy atom. The summed E-state index contributed by atoms with van der Waals surface area (Å²) in [7, 11) is 0. The Morgan fingerprint density at radius 2 is 1.60 bits per heavy atom. The van der Waals surface area contributed by atoms with Crippen molar-refractivity contribution in [2.75, 3.05) is 0 Å². The molecule has 2 amide bonds. The lowest BCUT2D eigenvalue weighted by atomic mass is 9.80. The number of hydrogen-bond donors (Lipinski definition) is 3. The van der Waals surface area contributed by atoms with E-state index in [-0.39, 0.29) is 17.2 Å². The third-order valence-corrected chi connectivity index (χ3v) is 2.86. The first-order valence-electron chi connectivity index (χ1n) is 5.97. The normalized spacial score (nSPS) is 13.2. The van der Waals surface area contributed by atoms with E-state index in [1.165, 1.54) is 0 Å². The molecule has 6 nitrogen and oxygen atoms in total. The first kappa shape index (κ1) is 15.7. The van der Waals surface area contributed by atoms with E-state index in [4.69, 9.17) is 15.0 Å². The van der Waals surface area contributed by atoms with Gasteiger partial charge in [-0.05, 0) is 29.5 Å². The summed E-state index contributed by atoms with van der Waals surface area (Å²) < 4.78 is 0. The van der Waals surface area contributed by atoms with Crippen LogP contribution in [-0.4, -0.2) is 28.2 Å². The number of imide groups is 1. The molecule has 1 aliphatic rings. The lowest BCUT2D eigenvalue weighted by Gasteiger charge is -2.23. The van der Waals surface area contributed by atoms with Gasteiger partial charge in [-0.1, -0.05) is 26.8 Å². The van der Waals surface area contributed by atoms with E-state index < -0.39 is 6.16 Å². The number of carbonyl (C=O) groups is 3. The molecule has 0 aromatic heterocycles. The molecule has 20 heavy (non-hydrogen) atoms. The zero-order chi connectivity index (χ0) is 15.7. The van der Waals surface area contributed by atoms with E-state index in [0.717, 1.165) is 11.1 Å². The molecule has 1 aromatic rings. The van der Waals surface area contributed by atoms with Crippen LogP contribution in [0.5, 0.6) is 0 Å². The van der Waals surface area contributed by atoms with Crippen LogP contribution in [-0.2, 0) is 5.41 Å². The molecule has 1 aliphatic heterocycles. The summed E-state index contributed by atoms with van der Waals surface area (Å²) in [6, 6.07) is 3.62. The van der Waals surface area contributed by atoms with Crippen LogP contribution in [0, 0.1) is 6.92 Å². The molecular weight excluding hydrogens is 262 g/mol. The van der Waals surface area contributed by atoms with Crippen molar-refractivity contribution in [3.8, 4) is 0 Å². The highest BCUT2D eigenvalue weighted by molar-refractivity contribution is 6.22. The molecule has 0 aliphatic carbocycles. The van der Waals surface area contributed by atoms with E-state index in [1.54, 1.807) is 6.07 Å². The fourth-order valence-electron chi connectivity index (χ4n) is 2.33. The Morgan fingerprint density at radius 1 is 1.10 bits per heavy atom. The van der Waals surface area contributed by atoms with Gasteiger partial charge >= 0.3 is 6.16 Å². The van der Waals surface area contributed by atoms with Crippen molar-refractivity contribution in [2.45, 2.75) is 33.1 Å². The lowest BCUT2D eigenvalue weighted by Crippen LogP contribution is -2.22. The van der Waals surface area contributed by atoms with Crippen LogP contribution in [0.1, 0.15) is 52.6 Å². The Bertz CT molecular complexity index is 580. The first-order valence-corrected chi connectivity index (χ1v) is 5.97. The molecule has 3 N–H and O–H groups in total. The molecule has 1 aromatic carbocycles. The van der Waals surface area contributed by atoms with Gasteiger partial charge in [0.2, 0.25) is 0 Å². The predicted octanol–water partition coefficient (Wildman–Crippen LogP) is 2.40. The maximum atomic E-state index is 11.8. The van der Waals surface area contributed by atoms with E-state index in [0.29, 0.717) is 11.1 Å². The van der Waals surface area contributed by atoms with Crippen LogP contribution < -0.4 is 5.32 Å². The molecule has 0 spiro atoms. The number of aryl methyl sites for hydroxylation is 1. The van der Waals surface area contributed by atoms with Gasteiger partial charge in [-0.25, -0.2) is 4.79 Å². The average molecular weight is 279 g/mol. The molecule has 0 saturated heterocycles. The molecule has 0 atom stereocenters. The van der Waals surface area contributed by atoms with Crippen LogP contribution in [0.3, 0.4) is 0 Å². The largest absolute Gasteiger partial charge is 0.503 e. The minimum absolute atomic E-state index is 0.141. The van der Waals surface area contributed by atoms with Crippen molar-refractivity contribution in [1.29, 1.82) is 0 Å². The summed E-state index contributed by atoms with van der Waals surface area (Å²) in [4.78, 5) is 31.9. The van der Waals surface area contributed by atoms with Crippen molar-refractivity contribution in [3.63, 3.8) is 0 Å². The van der Waals surface area contributed by atoms with Crippen LogP contribution >= 0.6 is 0 Å². The Labute approximate surface area is 116 Å². The van der Waals surface area contributed by atoms with E-state index >= 15 is 0 Å². The maximum Gasteiger partial charge on any atom is 0.503 e. The number of rotatable bonds is 0. The average Bonchev–Trinajstić information content (AvgIpc) is 2.51. The molecule has 0 unspecified atom stereocenters. The van der Waals surface area contributed by atoms with Crippen molar-refractivity contribution in [3.05, 3.63) is 34.4 Å². The highest BCUT2D eigenvalue weighted by Crippen LogP contribution is 2.33. The maximum absolute atomic E-state index is 11.8. The number of carboxylic acid groups (broad SMARTS) is 2. The van der Waals surface area contributed by atoms with Gasteiger partial charge in [0.1, 0.15) is 0 Å². The van der Waals surface area contributed by atoms with Gasteiger partial charge in [0.15, 0.2) is 0 Å². The lowest BCUT2D eigenvalue weighted by molar-refractivity contribution is 0.0878. The minimum atomic E-state index is -1.83. The second-order valence-electron chi connectivity index (χ2n) is 5.50. The fraction of sp³-hybridized carbons (Fsp3) is 0.357. The number of hydrogen-bond acceptors (Lipinski definition) is 3. The smallest absolute Gasteiger partial charge is 0.450 e. The molecule has 1 heterocycles. The second kappa shape index (κ2) is 5.32. The van der Waals surface area contributed by atoms with Gasteiger partial charge in [0.25, 0.3) is 11.8 Å². The highest BCUT2D eigenvalue weighted by Gasteiger charge is 2.33. The molecule has 0 bridgehead atoms. The van der Waals surface area contributed by atoms with Gasteiger partial charge in [0.05, 0.1) is 11.1 Å². The van der Waals surface area contributed by atoms with Gasteiger partial charge in [-0.15, -0.1) is 0 Å². The van der Waals surface area contributed by atoms with Crippen molar-refractivity contribution >= 4 is 18.0 Å². The highest BCUT2D eigenvalue weighted by atomic mass is 16.6. The van der Waals surface area contributed by atoms with Crippen LogP contribution in [0.4, 0.5) is 4.79 Å². The first-order chi connectivity index (χ1) is 9.05.